The van der Waals surface area contributed by atoms with E-state index in [1.807, 2.05) is 6.07 Å². The van der Waals surface area contributed by atoms with E-state index in [1.165, 1.54) is 16.7 Å². The molecular weight excluding hydrogens is 286 g/mol. The van der Waals surface area contributed by atoms with Crippen LogP contribution in [-0.4, -0.2) is 24.8 Å². The van der Waals surface area contributed by atoms with Gasteiger partial charge >= 0.3 is 0 Å². The van der Waals surface area contributed by atoms with Gasteiger partial charge in [-0.05, 0) is 48.3 Å². The second-order valence-corrected chi connectivity index (χ2v) is 6.27. The molecule has 0 saturated heterocycles. The first kappa shape index (κ1) is 14.6. The monoisotopic (exact) mass is 309 g/mol. The summed E-state index contributed by atoms with van der Waals surface area (Å²) in [5.41, 5.74) is 4.28. The van der Waals surface area contributed by atoms with Crippen molar-refractivity contribution in [2.24, 2.45) is 0 Å². The highest BCUT2D eigenvalue weighted by Gasteiger charge is 2.34. The van der Waals surface area contributed by atoms with Gasteiger partial charge in [0.15, 0.2) is 11.5 Å². The van der Waals surface area contributed by atoms with Crippen LogP contribution in [-0.2, 0) is 0 Å². The highest BCUT2D eigenvalue weighted by Crippen LogP contribution is 2.48. The van der Waals surface area contributed by atoms with Gasteiger partial charge in [0.25, 0.3) is 0 Å². The van der Waals surface area contributed by atoms with Gasteiger partial charge in [-0.3, -0.25) is 4.90 Å². The van der Waals surface area contributed by atoms with Crippen molar-refractivity contribution in [3.8, 4) is 11.5 Å². The molecule has 0 bridgehead atoms. The molecule has 0 saturated carbocycles. The fourth-order valence-electron chi connectivity index (χ4n) is 4.06. The molecule has 3 nitrogen and oxygen atoms in total. The van der Waals surface area contributed by atoms with Crippen LogP contribution >= 0.6 is 0 Å². The van der Waals surface area contributed by atoms with E-state index in [0.29, 0.717) is 18.8 Å². The zero-order valence-electron chi connectivity index (χ0n) is 13.8. The molecule has 0 radical (unpaired) electrons. The molecule has 1 aliphatic heterocycles. The Morgan fingerprint density at radius 1 is 0.957 bits per heavy atom. The van der Waals surface area contributed by atoms with Gasteiger partial charge in [-0.1, -0.05) is 44.2 Å². The summed E-state index contributed by atoms with van der Waals surface area (Å²) in [5, 5.41) is 0. The zero-order valence-corrected chi connectivity index (χ0v) is 13.8. The molecule has 0 fully saturated rings. The van der Waals surface area contributed by atoms with Crippen LogP contribution < -0.4 is 9.47 Å². The molecule has 0 spiro atoms. The van der Waals surface area contributed by atoms with Crippen molar-refractivity contribution in [2.45, 2.75) is 32.2 Å². The lowest BCUT2D eigenvalue weighted by Crippen LogP contribution is -2.27. The largest absolute Gasteiger partial charge is 0.454 e. The first-order valence-corrected chi connectivity index (χ1v) is 8.54. The van der Waals surface area contributed by atoms with Crippen LogP contribution in [0.3, 0.4) is 0 Å². The van der Waals surface area contributed by atoms with Crippen LogP contribution in [0.15, 0.2) is 42.5 Å². The molecular formula is C20H23NO2. The Kier molecular flexibility index (Phi) is 3.74. The standard InChI is InChI=1S/C20H23NO2/c1-3-21(4-2)18-12-17(15-7-5-6-8-16(15)18)14-9-10-19-20(11-14)23-13-22-19/h5-11,17-18H,3-4,12-13H2,1-2H3/t17-,18-/m0/s1. The molecule has 3 heteroatoms. The normalized spacial score (nSPS) is 21.7. The Labute approximate surface area is 137 Å². The molecule has 120 valence electrons. The van der Waals surface area contributed by atoms with E-state index < -0.39 is 0 Å². The second kappa shape index (κ2) is 5.89. The molecule has 0 aromatic heterocycles. The summed E-state index contributed by atoms with van der Waals surface area (Å²) >= 11 is 0. The van der Waals surface area contributed by atoms with E-state index in [9.17, 15) is 0 Å². The quantitative estimate of drug-likeness (QED) is 0.839. The SMILES string of the molecule is CCN(CC)[C@H]1C[C@@H](c2ccc3c(c2)OCO3)c2ccccc21. The van der Waals surface area contributed by atoms with E-state index in [1.54, 1.807) is 0 Å². The average Bonchev–Trinajstić information content (AvgIpc) is 3.20. The molecule has 2 aromatic rings. The van der Waals surface area contributed by atoms with E-state index in [0.717, 1.165) is 31.0 Å². The van der Waals surface area contributed by atoms with Gasteiger partial charge in [0.05, 0.1) is 0 Å². The molecule has 0 amide bonds. The first-order chi connectivity index (χ1) is 11.3. The highest BCUT2D eigenvalue weighted by atomic mass is 16.7. The van der Waals surface area contributed by atoms with Gasteiger partial charge in [0, 0.05) is 12.0 Å². The minimum atomic E-state index is 0.335. The van der Waals surface area contributed by atoms with Crippen molar-refractivity contribution in [3.63, 3.8) is 0 Å². The van der Waals surface area contributed by atoms with Crippen LogP contribution in [0.5, 0.6) is 11.5 Å². The van der Waals surface area contributed by atoms with Crippen LogP contribution in [0, 0.1) is 0 Å². The van der Waals surface area contributed by atoms with Crippen LogP contribution in [0.4, 0.5) is 0 Å². The highest BCUT2D eigenvalue weighted by molar-refractivity contribution is 5.50. The van der Waals surface area contributed by atoms with Gasteiger partial charge < -0.3 is 9.47 Å². The fourth-order valence-corrected chi connectivity index (χ4v) is 4.06. The topological polar surface area (TPSA) is 21.7 Å². The number of rotatable bonds is 4. The number of fused-ring (bicyclic) bond motifs is 2. The zero-order chi connectivity index (χ0) is 15.8. The van der Waals surface area contributed by atoms with Crippen molar-refractivity contribution in [2.75, 3.05) is 19.9 Å². The molecule has 2 aliphatic rings. The molecule has 0 N–H and O–H groups in total. The minimum Gasteiger partial charge on any atom is -0.454 e. The Morgan fingerprint density at radius 2 is 1.70 bits per heavy atom. The van der Waals surface area contributed by atoms with Gasteiger partial charge in [0.1, 0.15) is 0 Å². The second-order valence-electron chi connectivity index (χ2n) is 6.27. The number of ether oxygens (including phenoxy) is 2. The van der Waals surface area contributed by atoms with Gasteiger partial charge in [-0.15, -0.1) is 0 Å². The van der Waals surface area contributed by atoms with E-state index in [2.05, 4.69) is 55.1 Å². The molecule has 2 aromatic carbocycles. The maximum Gasteiger partial charge on any atom is 0.231 e. The molecule has 1 heterocycles. The van der Waals surface area contributed by atoms with Crippen molar-refractivity contribution in [1.82, 2.24) is 4.90 Å². The lowest BCUT2D eigenvalue weighted by molar-refractivity contribution is 0.174. The smallest absolute Gasteiger partial charge is 0.231 e. The third-order valence-electron chi connectivity index (χ3n) is 5.24. The number of benzene rings is 2. The summed E-state index contributed by atoms with van der Waals surface area (Å²) in [4.78, 5) is 2.56. The minimum absolute atomic E-state index is 0.335. The predicted octanol–water partition coefficient (Wildman–Crippen LogP) is 4.33. The summed E-state index contributed by atoms with van der Waals surface area (Å²) < 4.78 is 11.0. The van der Waals surface area contributed by atoms with Crippen molar-refractivity contribution in [3.05, 3.63) is 59.2 Å². The van der Waals surface area contributed by atoms with Crippen molar-refractivity contribution in [1.29, 1.82) is 0 Å². The Bertz CT molecular complexity index is 709. The first-order valence-electron chi connectivity index (χ1n) is 8.54. The van der Waals surface area contributed by atoms with Crippen molar-refractivity contribution < 1.29 is 9.47 Å². The fraction of sp³-hybridized carbons (Fsp3) is 0.400. The van der Waals surface area contributed by atoms with Gasteiger partial charge in [-0.2, -0.15) is 0 Å². The number of nitrogens with zero attached hydrogens (tertiary/aromatic N) is 1. The lowest BCUT2D eigenvalue weighted by Gasteiger charge is -2.27. The summed E-state index contributed by atoms with van der Waals surface area (Å²) in [5.74, 6) is 2.18. The maximum atomic E-state index is 5.57. The van der Waals surface area contributed by atoms with Crippen LogP contribution in [0.25, 0.3) is 0 Å². The average molecular weight is 309 g/mol. The van der Waals surface area contributed by atoms with E-state index in [4.69, 9.17) is 9.47 Å². The summed E-state index contributed by atoms with van der Waals surface area (Å²) in [6, 6.07) is 15.8. The third kappa shape index (κ3) is 2.40. The molecule has 2 atom stereocenters. The number of hydrogen-bond donors (Lipinski definition) is 0. The molecule has 23 heavy (non-hydrogen) atoms. The van der Waals surface area contributed by atoms with E-state index >= 15 is 0 Å². The third-order valence-corrected chi connectivity index (χ3v) is 5.24. The Morgan fingerprint density at radius 3 is 2.48 bits per heavy atom. The Balaban J connectivity index is 1.73. The predicted molar refractivity (Wildman–Crippen MR) is 91.1 cm³/mol. The van der Waals surface area contributed by atoms with Crippen LogP contribution in [0.1, 0.15) is 48.9 Å². The molecule has 4 rings (SSSR count). The van der Waals surface area contributed by atoms with Gasteiger partial charge in [-0.25, -0.2) is 0 Å². The number of hydrogen-bond acceptors (Lipinski definition) is 3. The molecule has 1 aliphatic carbocycles. The summed E-state index contributed by atoms with van der Waals surface area (Å²) in [6.45, 7) is 7.01. The van der Waals surface area contributed by atoms with Crippen LogP contribution in [0.2, 0.25) is 0 Å². The van der Waals surface area contributed by atoms with Crippen molar-refractivity contribution >= 4 is 0 Å². The summed E-state index contributed by atoms with van der Waals surface area (Å²) in [6.07, 6.45) is 1.14. The molecule has 0 unspecified atom stereocenters. The lowest BCUT2D eigenvalue weighted by atomic mass is 9.92. The summed E-state index contributed by atoms with van der Waals surface area (Å²) in [7, 11) is 0. The van der Waals surface area contributed by atoms with E-state index in [-0.39, 0.29) is 0 Å². The Hall–Kier alpha value is -2.00. The maximum absolute atomic E-state index is 5.57. The van der Waals surface area contributed by atoms with Gasteiger partial charge in [0.2, 0.25) is 6.79 Å².